The van der Waals surface area contributed by atoms with Gasteiger partial charge in [-0.2, -0.15) is 0 Å². The second kappa shape index (κ2) is 20.5. The van der Waals surface area contributed by atoms with E-state index in [0.717, 1.165) is 12.8 Å². The molecule has 0 aliphatic carbocycles. The van der Waals surface area contributed by atoms with Crippen LogP contribution in [0.3, 0.4) is 0 Å². The largest absolute Gasteiger partial charge is 0.465 e. The lowest BCUT2D eigenvalue weighted by Crippen LogP contribution is -2.41. The van der Waals surface area contributed by atoms with Crippen molar-refractivity contribution in [3.63, 3.8) is 0 Å². The highest BCUT2D eigenvalue weighted by Crippen LogP contribution is 2.30. The smallest absolute Gasteiger partial charge is 0.323 e. The first-order valence-corrected chi connectivity index (χ1v) is 13.8. The molecule has 0 heterocycles. The van der Waals surface area contributed by atoms with Gasteiger partial charge in [-0.3, -0.25) is 9.59 Å². The van der Waals surface area contributed by atoms with Crippen molar-refractivity contribution in [3.8, 4) is 0 Å². The molecule has 0 aromatic heterocycles. The first-order chi connectivity index (χ1) is 15.4. The van der Waals surface area contributed by atoms with E-state index in [2.05, 4.69) is 6.92 Å². The maximum Gasteiger partial charge on any atom is 0.323 e. The maximum absolute atomic E-state index is 12.6. The molecule has 4 heteroatoms. The minimum atomic E-state index is -1.15. The van der Waals surface area contributed by atoms with E-state index in [-0.39, 0.29) is 5.92 Å². The van der Waals surface area contributed by atoms with Gasteiger partial charge in [-0.25, -0.2) is 0 Å². The molecule has 190 valence electrons. The zero-order valence-electron chi connectivity index (χ0n) is 22.1. The molecule has 0 saturated heterocycles. The average molecular weight is 455 g/mol. The lowest BCUT2D eigenvalue weighted by molar-refractivity contribution is -0.174. The van der Waals surface area contributed by atoms with E-state index in [1.807, 2.05) is 27.7 Å². The standard InChI is InChI=1S/C28H54O4/c1-6-9-10-11-12-13-14-15-16-17-18-19-20-21-22-23-31-26(29)28(7-2,8-3)27(30)32-24-25(4)5/h25H,6-24H2,1-5H3. The molecule has 0 aromatic rings. The van der Waals surface area contributed by atoms with Crippen LogP contribution in [0.5, 0.6) is 0 Å². The summed E-state index contributed by atoms with van der Waals surface area (Å²) in [7, 11) is 0. The Morgan fingerprint density at radius 1 is 0.594 bits per heavy atom. The van der Waals surface area contributed by atoms with Gasteiger partial charge in [0.25, 0.3) is 0 Å². The lowest BCUT2D eigenvalue weighted by atomic mass is 9.82. The minimum Gasteiger partial charge on any atom is -0.465 e. The Morgan fingerprint density at radius 2 is 0.969 bits per heavy atom. The monoisotopic (exact) mass is 454 g/mol. The average Bonchev–Trinajstić information content (AvgIpc) is 2.78. The molecule has 0 radical (unpaired) electrons. The predicted octanol–water partition coefficient (Wildman–Crippen LogP) is 8.41. The van der Waals surface area contributed by atoms with Crippen molar-refractivity contribution in [2.24, 2.45) is 11.3 Å². The summed E-state index contributed by atoms with van der Waals surface area (Å²) in [4.78, 5) is 25.2. The molecule has 0 amide bonds. The van der Waals surface area contributed by atoms with Crippen LogP contribution >= 0.6 is 0 Å². The summed E-state index contributed by atoms with van der Waals surface area (Å²) >= 11 is 0. The number of carbonyl (C=O) groups excluding carboxylic acids is 2. The van der Waals surface area contributed by atoms with Crippen LogP contribution in [0.1, 0.15) is 144 Å². The second-order valence-corrected chi connectivity index (χ2v) is 9.87. The highest BCUT2D eigenvalue weighted by molar-refractivity contribution is 5.99. The van der Waals surface area contributed by atoms with Crippen molar-refractivity contribution in [1.82, 2.24) is 0 Å². The fourth-order valence-electron chi connectivity index (χ4n) is 4.07. The molecule has 4 nitrogen and oxygen atoms in total. The van der Waals surface area contributed by atoms with E-state index in [1.165, 1.54) is 83.5 Å². The van der Waals surface area contributed by atoms with Gasteiger partial charge in [0.2, 0.25) is 0 Å². The first-order valence-electron chi connectivity index (χ1n) is 13.8. The first kappa shape index (κ1) is 30.9. The van der Waals surface area contributed by atoms with Gasteiger partial charge < -0.3 is 9.47 Å². The summed E-state index contributed by atoms with van der Waals surface area (Å²) in [6.45, 7) is 10.7. The van der Waals surface area contributed by atoms with Crippen LogP contribution in [0.25, 0.3) is 0 Å². The Kier molecular flexibility index (Phi) is 19.9. The fourth-order valence-corrected chi connectivity index (χ4v) is 4.07. The number of unbranched alkanes of at least 4 members (excludes halogenated alkanes) is 14. The Bertz CT molecular complexity index is 454. The van der Waals surface area contributed by atoms with E-state index in [1.54, 1.807) is 0 Å². The van der Waals surface area contributed by atoms with Gasteiger partial charge >= 0.3 is 11.9 Å². The van der Waals surface area contributed by atoms with E-state index in [4.69, 9.17) is 9.47 Å². The van der Waals surface area contributed by atoms with Crippen molar-refractivity contribution in [2.75, 3.05) is 13.2 Å². The highest BCUT2D eigenvalue weighted by atomic mass is 16.6. The summed E-state index contributed by atoms with van der Waals surface area (Å²) in [5.41, 5.74) is -1.15. The summed E-state index contributed by atoms with van der Waals surface area (Å²) < 4.78 is 10.9. The molecule has 0 aromatic carbocycles. The van der Waals surface area contributed by atoms with Gasteiger partial charge in [0, 0.05) is 0 Å². The fraction of sp³-hybridized carbons (Fsp3) is 0.929. The Labute approximate surface area is 199 Å². The summed E-state index contributed by atoms with van der Waals surface area (Å²) in [5, 5.41) is 0. The van der Waals surface area contributed by atoms with Crippen LogP contribution in [0.2, 0.25) is 0 Å². The molecular formula is C28H54O4. The quantitative estimate of drug-likeness (QED) is 0.0935. The summed E-state index contributed by atoms with van der Waals surface area (Å²) in [6, 6.07) is 0. The maximum atomic E-state index is 12.6. The van der Waals surface area contributed by atoms with Crippen LogP contribution < -0.4 is 0 Å². The van der Waals surface area contributed by atoms with Gasteiger partial charge in [-0.05, 0) is 25.2 Å². The van der Waals surface area contributed by atoms with Gasteiger partial charge in [-0.15, -0.1) is 0 Å². The van der Waals surface area contributed by atoms with Crippen LogP contribution in [0.15, 0.2) is 0 Å². The van der Waals surface area contributed by atoms with Crippen molar-refractivity contribution in [3.05, 3.63) is 0 Å². The van der Waals surface area contributed by atoms with E-state index >= 15 is 0 Å². The highest BCUT2D eigenvalue weighted by Gasteiger charge is 2.45. The van der Waals surface area contributed by atoms with E-state index < -0.39 is 17.4 Å². The van der Waals surface area contributed by atoms with Gasteiger partial charge in [0.1, 0.15) is 0 Å². The summed E-state index contributed by atoms with van der Waals surface area (Å²) in [6.07, 6.45) is 20.4. The van der Waals surface area contributed by atoms with Crippen molar-refractivity contribution in [2.45, 2.75) is 144 Å². The zero-order chi connectivity index (χ0) is 24.1. The number of ether oxygens (including phenoxy) is 2. The van der Waals surface area contributed by atoms with Crippen LogP contribution in [-0.4, -0.2) is 25.2 Å². The molecule has 0 saturated carbocycles. The summed E-state index contributed by atoms with van der Waals surface area (Å²) in [5.74, 6) is -0.596. The van der Waals surface area contributed by atoms with Crippen molar-refractivity contribution >= 4 is 11.9 Å². The Morgan fingerprint density at radius 3 is 1.34 bits per heavy atom. The molecule has 0 bridgehead atoms. The van der Waals surface area contributed by atoms with Crippen LogP contribution in [-0.2, 0) is 19.1 Å². The van der Waals surface area contributed by atoms with Gasteiger partial charge in [0.15, 0.2) is 5.41 Å². The van der Waals surface area contributed by atoms with E-state index in [0.29, 0.717) is 26.1 Å². The molecule has 0 N–H and O–H groups in total. The normalized spacial score (nSPS) is 11.7. The van der Waals surface area contributed by atoms with Crippen molar-refractivity contribution in [1.29, 1.82) is 0 Å². The lowest BCUT2D eigenvalue weighted by Gasteiger charge is -2.27. The van der Waals surface area contributed by atoms with Gasteiger partial charge in [0.05, 0.1) is 13.2 Å². The number of hydrogen-bond acceptors (Lipinski definition) is 4. The molecule has 0 aliphatic rings. The third-order valence-electron chi connectivity index (χ3n) is 6.52. The minimum absolute atomic E-state index is 0.252. The molecule has 0 unspecified atom stereocenters. The molecule has 0 spiro atoms. The molecule has 0 atom stereocenters. The molecule has 0 rings (SSSR count). The number of esters is 2. The van der Waals surface area contributed by atoms with Gasteiger partial charge in [-0.1, -0.05) is 125 Å². The Hall–Kier alpha value is -1.06. The topological polar surface area (TPSA) is 52.6 Å². The number of carbonyl (C=O) groups is 2. The third kappa shape index (κ3) is 14.2. The molecular weight excluding hydrogens is 400 g/mol. The van der Waals surface area contributed by atoms with Crippen LogP contribution in [0.4, 0.5) is 0 Å². The van der Waals surface area contributed by atoms with Crippen molar-refractivity contribution < 1.29 is 19.1 Å². The van der Waals surface area contributed by atoms with Crippen LogP contribution in [0, 0.1) is 11.3 Å². The second-order valence-electron chi connectivity index (χ2n) is 9.87. The molecule has 0 fully saturated rings. The predicted molar refractivity (Wildman–Crippen MR) is 135 cm³/mol. The van der Waals surface area contributed by atoms with E-state index in [9.17, 15) is 9.59 Å². The Balaban J connectivity index is 3.75. The number of rotatable bonds is 22. The SMILES string of the molecule is CCCCCCCCCCCCCCCCCOC(=O)C(CC)(CC)C(=O)OCC(C)C. The molecule has 0 aliphatic heterocycles. The zero-order valence-corrected chi connectivity index (χ0v) is 22.1. The third-order valence-corrected chi connectivity index (χ3v) is 6.52. The molecule has 32 heavy (non-hydrogen) atoms. The number of hydrogen-bond donors (Lipinski definition) is 0.